The molecule has 1 aliphatic carbocycles. The number of piperidine rings is 3. The maximum absolute atomic E-state index is 13.5. The molecule has 1 unspecified atom stereocenters. The molecule has 160 valence electrons. The van der Waals surface area contributed by atoms with Crippen LogP contribution in [0.5, 0.6) is 0 Å². The van der Waals surface area contributed by atoms with Gasteiger partial charge in [-0.05, 0) is 71.9 Å². The number of esters is 1. The van der Waals surface area contributed by atoms with Crippen LogP contribution >= 0.6 is 0 Å². The van der Waals surface area contributed by atoms with Crippen molar-refractivity contribution < 1.29 is 19.1 Å². The zero-order valence-electron chi connectivity index (χ0n) is 17.9. The lowest BCUT2D eigenvalue weighted by Crippen LogP contribution is -2.59. The monoisotopic (exact) mass is 402 g/mol. The van der Waals surface area contributed by atoms with Gasteiger partial charge in [0.1, 0.15) is 17.2 Å². The summed E-state index contributed by atoms with van der Waals surface area (Å²) in [6.45, 7) is 12.4. The zero-order valence-corrected chi connectivity index (χ0v) is 17.9. The second-order valence-corrected chi connectivity index (χ2v) is 9.44. The number of fused-ring (bicyclic) bond motifs is 3. The van der Waals surface area contributed by atoms with Gasteiger partial charge in [-0.15, -0.1) is 0 Å². The molecule has 3 saturated heterocycles. The predicted octanol–water partition coefficient (Wildman–Crippen LogP) is 3.74. The Balaban J connectivity index is 1.79. The average molecular weight is 403 g/mol. The molecule has 4 aliphatic rings. The van der Waals surface area contributed by atoms with Gasteiger partial charge in [0, 0.05) is 6.54 Å². The van der Waals surface area contributed by atoms with Gasteiger partial charge in [0.25, 0.3) is 0 Å². The quantitative estimate of drug-likeness (QED) is 0.729. The third-order valence-corrected chi connectivity index (χ3v) is 5.90. The smallest absolute Gasteiger partial charge is 0.408 e. The second kappa shape index (κ2) is 8.74. The van der Waals surface area contributed by atoms with Crippen LogP contribution in [0, 0.1) is 5.92 Å². The minimum Gasteiger partial charge on any atom is -0.459 e. The van der Waals surface area contributed by atoms with Gasteiger partial charge in [0.05, 0.1) is 0 Å². The Morgan fingerprint density at radius 1 is 1.24 bits per heavy atom. The van der Waals surface area contributed by atoms with Gasteiger partial charge in [-0.1, -0.05) is 36.5 Å². The first-order valence-electron chi connectivity index (χ1n) is 10.6. The third kappa shape index (κ3) is 5.72. The van der Waals surface area contributed by atoms with Crippen LogP contribution in [0.1, 0.15) is 52.9 Å². The summed E-state index contributed by atoms with van der Waals surface area (Å²) in [5.74, 6) is 0.0347. The fourth-order valence-electron chi connectivity index (χ4n) is 4.24. The zero-order chi connectivity index (χ0) is 21.1. The molecule has 29 heavy (non-hydrogen) atoms. The van der Waals surface area contributed by atoms with Crippen molar-refractivity contribution in [1.82, 2.24) is 10.2 Å². The molecule has 1 amide bonds. The van der Waals surface area contributed by atoms with Crippen molar-refractivity contribution in [2.45, 2.75) is 70.1 Å². The van der Waals surface area contributed by atoms with Crippen molar-refractivity contribution in [3.63, 3.8) is 0 Å². The van der Waals surface area contributed by atoms with Gasteiger partial charge < -0.3 is 14.8 Å². The Bertz CT molecular complexity index is 698. The summed E-state index contributed by atoms with van der Waals surface area (Å²) in [4.78, 5) is 28.4. The standard InChI is InChI=1S/C23H34N2O4/c1-17-8-6-5-7-12-23(13-9-17,24-21(27)29-22(2,3)4)20(26)28-19-16-25-14-10-18(19)11-15-25/h5-8,18-19H,1,9-16H2,2-4H3,(H,24,27)/b7-5-,8-6-/t19-,23?/m0/s1. The summed E-state index contributed by atoms with van der Waals surface area (Å²) in [6.07, 6.45) is 10.4. The summed E-state index contributed by atoms with van der Waals surface area (Å²) in [5.41, 5.74) is -0.910. The van der Waals surface area contributed by atoms with E-state index in [9.17, 15) is 9.59 Å². The first-order chi connectivity index (χ1) is 13.7. The second-order valence-electron chi connectivity index (χ2n) is 9.44. The molecule has 3 fully saturated rings. The van der Waals surface area contributed by atoms with Gasteiger partial charge in [0.2, 0.25) is 0 Å². The van der Waals surface area contributed by atoms with Crippen LogP contribution in [0.4, 0.5) is 4.79 Å². The number of hydrogen-bond acceptors (Lipinski definition) is 5. The van der Waals surface area contributed by atoms with Crippen molar-refractivity contribution in [1.29, 1.82) is 0 Å². The summed E-state index contributed by atoms with van der Waals surface area (Å²) < 4.78 is 11.5. The van der Waals surface area contributed by atoms with E-state index in [4.69, 9.17) is 9.47 Å². The molecule has 6 heteroatoms. The fourth-order valence-corrected chi connectivity index (χ4v) is 4.24. The van der Waals surface area contributed by atoms with Crippen molar-refractivity contribution in [3.05, 3.63) is 36.5 Å². The van der Waals surface area contributed by atoms with E-state index >= 15 is 0 Å². The van der Waals surface area contributed by atoms with Gasteiger partial charge in [0.15, 0.2) is 0 Å². The lowest BCUT2D eigenvalue weighted by atomic mass is 9.84. The molecule has 1 N–H and O–H groups in total. The Kier molecular flexibility index (Phi) is 6.52. The molecule has 0 radical (unpaired) electrons. The highest BCUT2D eigenvalue weighted by Gasteiger charge is 2.45. The van der Waals surface area contributed by atoms with Crippen LogP contribution in [0.2, 0.25) is 0 Å². The molecule has 0 aromatic carbocycles. The molecule has 4 rings (SSSR count). The Hall–Kier alpha value is -2.08. The summed E-state index contributed by atoms with van der Waals surface area (Å²) in [7, 11) is 0. The van der Waals surface area contributed by atoms with Gasteiger partial charge in [-0.25, -0.2) is 9.59 Å². The minimum atomic E-state index is -1.17. The number of ether oxygens (including phenoxy) is 2. The maximum Gasteiger partial charge on any atom is 0.408 e. The van der Waals surface area contributed by atoms with E-state index in [-0.39, 0.29) is 12.1 Å². The fraction of sp³-hybridized carbons (Fsp3) is 0.652. The molecule has 0 spiro atoms. The summed E-state index contributed by atoms with van der Waals surface area (Å²) in [6, 6.07) is 0. The SMILES string of the molecule is C=C1/C=C\C=C/CC(NC(=O)OC(C)(C)C)(C(=O)O[C@H]2CN3CCC2CC3)CC1. The van der Waals surface area contributed by atoms with E-state index in [1.807, 2.05) is 24.3 Å². The lowest BCUT2D eigenvalue weighted by Gasteiger charge is -2.45. The van der Waals surface area contributed by atoms with Crippen LogP contribution in [0.25, 0.3) is 0 Å². The number of allylic oxidation sites excluding steroid dienone is 4. The Morgan fingerprint density at radius 3 is 2.59 bits per heavy atom. The number of amides is 1. The van der Waals surface area contributed by atoms with Crippen molar-refractivity contribution in [2.24, 2.45) is 5.92 Å². The highest BCUT2D eigenvalue weighted by molar-refractivity contribution is 5.86. The molecule has 3 heterocycles. The molecule has 3 aliphatic heterocycles. The highest BCUT2D eigenvalue weighted by Crippen LogP contribution is 2.32. The van der Waals surface area contributed by atoms with Gasteiger partial charge in [-0.2, -0.15) is 0 Å². The van der Waals surface area contributed by atoms with Crippen molar-refractivity contribution in [2.75, 3.05) is 19.6 Å². The normalized spacial score (nSPS) is 34.3. The van der Waals surface area contributed by atoms with Crippen LogP contribution < -0.4 is 5.32 Å². The summed E-state index contributed by atoms with van der Waals surface area (Å²) in [5, 5.41) is 2.87. The first kappa shape index (κ1) is 21.6. The molecule has 0 saturated carbocycles. The molecule has 0 aromatic rings. The van der Waals surface area contributed by atoms with Gasteiger partial charge in [-0.3, -0.25) is 4.90 Å². The Labute approximate surface area is 174 Å². The number of rotatable bonds is 3. The third-order valence-electron chi connectivity index (χ3n) is 5.90. The molecule has 6 nitrogen and oxygen atoms in total. The van der Waals surface area contributed by atoms with Crippen molar-refractivity contribution >= 4 is 12.1 Å². The van der Waals surface area contributed by atoms with Crippen LogP contribution in [0.15, 0.2) is 36.5 Å². The molecule has 0 aromatic heterocycles. The Morgan fingerprint density at radius 2 is 1.97 bits per heavy atom. The number of nitrogens with one attached hydrogen (secondary N) is 1. The number of alkyl carbamates (subject to hydrolysis) is 1. The van der Waals surface area contributed by atoms with E-state index in [1.54, 1.807) is 20.8 Å². The first-order valence-corrected chi connectivity index (χ1v) is 10.6. The van der Waals surface area contributed by atoms with E-state index in [2.05, 4.69) is 16.8 Å². The highest BCUT2D eigenvalue weighted by atomic mass is 16.6. The minimum absolute atomic E-state index is 0.111. The van der Waals surface area contributed by atoms with Crippen LogP contribution in [0.3, 0.4) is 0 Å². The largest absolute Gasteiger partial charge is 0.459 e. The number of carbonyl (C=O) groups is 2. The number of hydrogen-bond donors (Lipinski definition) is 1. The predicted molar refractivity (Wildman–Crippen MR) is 112 cm³/mol. The van der Waals surface area contributed by atoms with E-state index < -0.39 is 17.2 Å². The van der Waals surface area contributed by atoms with E-state index in [0.717, 1.165) is 38.0 Å². The van der Waals surface area contributed by atoms with Gasteiger partial charge >= 0.3 is 12.1 Å². The van der Waals surface area contributed by atoms with E-state index in [0.29, 0.717) is 25.2 Å². The summed E-state index contributed by atoms with van der Waals surface area (Å²) >= 11 is 0. The average Bonchev–Trinajstić information content (AvgIpc) is 2.73. The molecule has 2 atom stereocenters. The van der Waals surface area contributed by atoms with E-state index in [1.165, 1.54) is 0 Å². The number of nitrogens with zero attached hydrogens (tertiary/aromatic N) is 1. The van der Waals surface area contributed by atoms with Crippen LogP contribution in [-0.2, 0) is 14.3 Å². The molecule has 2 bridgehead atoms. The van der Waals surface area contributed by atoms with Crippen molar-refractivity contribution in [3.8, 4) is 0 Å². The molecular weight excluding hydrogens is 368 g/mol. The number of carbonyl (C=O) groups excluding carboxylic acids is 2. The lowest BCUT2D eigenvalue weighted by molar-refractivity contribution is -0.167. The molecular formula is C23H34N2O4. The van der Waals surface area contributed by atoms with Crippen LogP contribution in [-0.4, -0.2) is 53.8 Å². The topological polar surface area (TPSA) is 67.9 Å². The maximum atomic E-state index is 13.5.